The van der Waals surface area contributed by atoms with E-state index in [4.69, 9.17) is 10.7 Å². The maximum atomic E-state index is 11.5. The smallest absolute Gasteiger partial charge is 0.261 e. The van der Waals surface area contributed by atoms with Crippen LogP contribution in [0.2, 0.25) is 0 Å². The summed E-state index contributed by atoms with van der Waals surface area (Å²) in [7, 11) is 1.51. The van der Waals surface area contributed by atoms with Gasteiger partial charge >= 0.3 is 0 Å². The Kier molecular flexibility index (Phi) is 2.67. The highest BCUT2D eigenvalue weighted by Crippen LogP contribution is 2.36. The standard InChI is InChI=1S/C10H10ClNO3S/c1-2-7-8-5-6(16(11,14)15)3-4-9(8)12-10(7)13/h3-5,7H,2H2,1H3,(H,12,13). The number of nitrogens with one attached hydrogen (secondary N) is 1. The van der Waals surface area contributed by atoms with Gasteiger partial charge in [-0.3, -0.25) is 4.79 Å². The van der Waals surface area contributed by atoms with Gasteiger partial charge in [0.1, 0.15) is 0 Å². The van der Waals surface area contributed by atoms with Crippen LogP contribution in [0.25, 0.3) is 0 Å². The van der Waals surface area contributed by atoms with Crippen molar-refractivity contribution in [3.05, 3.63) is 23.8 Å². The third-order valence-electron chi connectivity index (χ3n) is 2.66. The van der Waals surface area contributed by atoms with Crippen LogP contribution in [0.3, 0.4) is 0 Å². The van der Waals surface area contributed by atoms with Crippen LogP contribution in [-0.2, 0) is 13.8 Å². The van der Waals surface area contributed by atoms with E-state index in [1.807, 2.05) is 6.92 Å². The predicted octanol–water partition coefficient (Wildman–Crippen LogP) is 2.06. The summed E-state index contributed by atoms with van der Waals surface area (Å²) in [4.78, 5) is 11.6. The van der Waals surface area contributed by atoms with Gasteiger partial charge in [0, 0.05) is 16.4 Å². The van der Waals surface area contributed by atoms with Crippen LogP contribution in [0.5, 0.6) is 0 Å². The van der Waals surface area contributed by atoms with Crippen molar-refractivity contribution in [1.29, 1.82) is 0 Å². The number of carbonyl (C=O) groups is 1. The van der Waals surface area contributed by atoms with Crippen molar-refractivity contribution >= 4 is 31.3 Å². The molecule has 0 bridgehead atoms. The quantitative estimate of drug-likeness (QED) is 0.827. The molecule has 86 valence electrons. The van der Waals surface area contributed by atoms with Crippen LogP contribution >= 0.6 is 10.7 Å². The molecule has 1 aliphatic rings. The van der Waals surface area contributed by atoms with Crippen molar-refractivity contribution in [3.8, 4) is 0 Å². The molecule has 0 radical (unpaired) electrons. The number of halogens is 1. The molecule has 1 unspecified atom stereocenters. The summed E-state index contributed by atoms with van der Waals surface area (Å²) in [5.41, 5.74) is 1.37. The first-order valence-corrected chi connectivity index (χ1v) is 7.14. The van der Waals surface area contributed by atoms with E-state index in [0.717, 1.165) is 0 Å². The van der Waals surface area contributed by atoms with Gasteiger partial charge < -0.3 is 5.32 Å². The molecule has 1 aromatic rings. The Morgan fingerprint density at radius 1 is 1.44 bits per heavy atom. The lowest BCUT2D eigenvalue weighted by molar-refractivity contribution is -0.117. The minimum absolute atomic E-state index is 0.0304. The molecular weight excluding hydrogens is 250 g/mol. The zero-order valence-corrected chi connectivity index (χ0v) is 10.1. The summed E-state index contributed by atoms with van der Waals surface area (Å²) in [6.07, 6.45) is 0.630. The van der Waals surface area contributed by atoms with Crippen LogP contribution in [0.15, 0.2) is 23.1 Å². The van der Waals surface area contributed by atoms with E-state index >= 15 is 0 Å². The molecule has 0 saturated heterocycles. The van der Waals surface area contributed by atoms with Gasteiger partial charge in [-0.25, -0.2) is 8.42 Å². The lowest BCUT2D eigenvalue weighted by atomic mass is 9.98. The fourth-order valence-corrected chi connectivity index (χ4v) is 2.65. The number of benzene rings is 1. The molecule has 1 aliphatic heterocycles. The third-order valence-corrected chi connectivity index (χ3v) is 4.01. The van der Waals surface area contributed by atoms with Gasteiger partial charge in [-0.15, -0.1) is 0 Å². The molecule has 1 N–H and O–H groups in total. The first kappa shape index (κ1) is 11.4. The second-order valence-corrected chi connectivity index (χ2v) is 6.20. The number of hydrogen-bond donors (Lipinski definition) is 1. The highest BCUT2D eigenvalue weighted by molar-refractivity contribution is 8.13. The predicted molar refractivity (Wildman–Crippen MR) is 61.1 cm³/mol. The van der Waals surface area contributed by atoms with Gasteiger partial charge in [0.05, 0.1) is 10.8 Å². The number of anilines is 1. The molecule has 0 saturated carbocycles. The molecule has 0 spiro atoms. The Hall–Kier alpha value is -1.07. The minimum Gasteiger partial charge on any atom is -0.325 e. The van der Waals surface area contributed by atoms with Crippen LogP contribution in [0, 0.1) is 0 Å². The maximum absolute atomic E-state index is 11.5. The molecule has 16 heavy (non-hydrogen) atoms. The highest BCUT2D eigenvalue weighted by atomic mass is 35.7. The molecule has 2 rings (SSSR count). The summed E-state index contributed by atoms with van der Waals surface area (Å²) in [6, 6.07) is 4.42. The van der Waals surface area contributed by atoms with Crippen molar-refractivity contribution in [2.24, 2.45) is 0 Å². The van der Waals surface area contributed by atoms with Crippen molar-refractivity contribution in [3.63, 3.8) is 0 Å². The molecule has 4 nitrogen and oxygen atoms in total. The summed E-state index contributed by atoms with van der Waals surface area (Å²) in [6.45, 7) is 1.88. The van der Waals surface area contributed by atoms with Crippen molar-refractivity contribution in [2.75, 3.05) is 5.32 Å². The normalized spacial score (nSPS) is 19.4. The zero-order chi connectivity index (χ0) is 11.9. The van der Waals surface area contributed by atoms with Gasteiger partial charge in [0.15, 0.2) is 0 Å². The average molecular weight is 260 g/mol. The molecule has 0 aliphatic carbocycles. The largest absolute Gasteiger partial charge is 0.325 e. The summed E-state index contributed by atoms with van der Waals surface area (Å²) >= 11 is 0. The Balaban J connectivity index is 2.56. The number of hydrogen-bond acceptors (Lipinski definition) is 3. The topological polar surface area (TPSA) is 63.2 Å². The first-order chi connectivity index (χ1) is 7.43. The molecule has 0 aromatic heterocycles. The van der Waals surface area contributed by atoms with Crippen LogP contribution in [0.1, 0.15) is 24.8 Å². The zero-order valence-electron chi connectivity index (χ0n) is 8.53. The van der Waals surface area contributed by atoms with Gasteiger partial charge in [-0.1, -0.05) is 6.92 Å². The molecular formula is C10H10ClNO3S. The van der Waals surface area contributed by atoms with Crippen molar-refractivity contribution < 1.29 is 13.2 Å². The number of carbonyl (C=O) groups excluding carboxylic acids is 1. The van der Waals surface area contributed by atoms with Crippen LogP contribution in [0.4, 0.5) is 5.69 Å². The van der Waals surface area contributed by atoms with E-state index in [1.165, 1.54) is 12.1 Å². The SMILES string of the molecule is CCC1C(=O)Nc2ccc(S(=O)(=O)Cl)cc21. The van der Waals surface area contributed by atoms with E-state index in [9.17, 15) is 13.2 Å². The number of amides is 1. The number of fused-ring (bicyclic) bond motifs is 1. The van der Waals surface area contributed by atoms with Crippen molar-refractivity contribution in [2.45, 2.75) is 24.2 Å². The highest BCUT2D eigenvalue weighted by Gasteiger charge is 2.30. The molecule has 1 heterocycles. The minimum atomic E-state index is -3.74. The molecule has 1 aromatic carbocycles. The lowest BCUT2D eigenvalue weighted by Gasteiger charge is -2.05. The summed E-state index contributed by atoms with van der Waals surface area (Å²) < 4.78 is 22.3. The second-order valence-electron chi connectivity index (χ2n) is 3.64. The monoisotopic (exact) mass is 259 g/mol. The van der Waals surface area contributed by atoms with Crippen LogP contribution in [-0.4, -0.2) is 14.3 Å². The summed E-state index contributed by atoms with van der Waals surface area (Å²) in [5.74, 6) is -0.380. The van der Waals surface area contributed by atoms with Gasteiger partial charge in [0.2, 0.25) is 5.91 Å². The fourth-order valence-electron chi connectivity index (χ4n) is 1.86. The Morgan fingerprint density at radius 2 is 2.12 bits per heavy atom. The van der Waals surface area contributed by atoms with Crippen LogP contribution < -0.4 is 5.32 Å². The van der Waals surface area contributed by atoms with E-state index in [-0.39, 0.29) is 16.7 Å². The van der Waals surface area contributed by atoms with Gasteiger partial charge in [0.25, 0.3) is 9.05 Å². The van der Waals surface area contributed by atoms with Gasteiger partial charge in [-0.2, -0.15) is 0 Å². The average Bonchev–Trinajstić information content (AvgIpc) is 2.50. The Bertz CT molecular complexity index is 553. The third kappa shape index (κ3) is 1.81. The Labute approximate surface area is 98.0 Å². The van der Waals surface area contributed by atoms with E-state index in [1.54, 1.807) is 6.07 Å². The molecule has 1 atom stereocenters. The summed E-state index contributed by atoms with van der Waals surface area (Å²) in [5, 5.41) is 2.70. The molecule has 6 heteroatoms. The van der Waals surface area contributed by atoms with E-state index in [0.29, 0.717) is 17.7 Å². The van der Waals surface area contributed by atoms with Gasteiger partial charge in [-0.05, 0) is 30.2 Å². The van der Waals surface area contributed by atoms with E-state index < -0.39 is 9.05 Å². The Morgan fingerprint density at radius 3 is 2.69 bits per heavy atom. The first-order valence-electron chi connectivity index (χ1n) is 4.83. The molecule has 1 amide bonds. The fraction of sp³-hybridized carbons (Fsp3) is 0.300. The maximum Gasteiger partial charge on any atom is 0.261 e. The second kappa shape index (κ2) is 3.75. The molecule has 0 fully saturated rings. The number of rotatable bonds is 2. The van der Waals surface area contributed by atoms with Crippen molar-refractivity contribution in [1.82, 2.24) is 0 Å². The lowest BCUT2D eigenvalue weighted by Crippen LogP contribution is -2.10. The van der Waals surface area contributed by atoms with E-state index in [2.05, 4.69) is 5.32 Å².